The van der Waals surface area contributed by atoms with Gasteiger partial charge in [-0.25, -0.2) is 0 Å². The number of benzene rings is 2. The first kappa shape index (κ1) is 16.2. The van der Waals surface area contributed by atoms with Gasteiger partial charge in [-0.1, -0.05) is 58.5 Å². The number of anilines is 2. The van der Waals surface area contributed by atoms with E-state index in [1.807, 2.05) is 0 Å². The molecule has 7 heteroatoms. The molecule has 0 radical (unpaired) electrons. The maximum absolute atomic E-state index is 11.9. The first-order chi connectivity index (χ1) is 9.97. The minimum absolute atomic E-state index is 0.00764. The zero-order valence-corrected chi connectivity index (χ0v) is 13.6. The summed E-state index contributed by atoms with van der Waals surface area (Å²) in [4.78, 5) is 11.9. The lowest BCUT2D eigenvalue weighted by atomic mass is 10.3. The molecule has 0 unspecified atom stereocenters. The highest BCUT2D eigenvalue weighted by Gasteiger charge is 2.10. The van der Waals surface area contributed by atoms with E-state index < -0.39 is 0 Å². The van der Waals surface area contributed by atoms with Crippen LogP contribution in [0, 0.1) is 0 Å². The van der Waals surface area contributed by atoms with E-state index in [2.05, 4.69) is 10.6 Å². The van der Waals surface area contributed by atoms with Crippen molar-refractivity contribution in [2.45, 2.75) is 0 Å². The molecule has 2 aromatic carbocycles. The summed E-state index contributed by atoms with van der Waals surface area (Å²) in [5.74, 6) is -0.273. The summed E-state index contributed by atoms with van der Waals surface area (Å²) >= 11 is 23.8. The van der Waals surface area contributed by atoms with Gasteiger partial charge in [0, 0.05) is 5.02 Å². The lowest BCUT2D eigenvalue weighted by molar-refractivity contribution is -0.114. The number of para-hydroxylation sites is 1. The first-order valence-corrected chi connectivity index (χ1v) is 7.41. The predicted molar refractivity (Wildman–Crippen MR) is 90.0 cm³/mol. The summed E-state index contributed by atoms with van der Waals surface area (Å²) in [5, 5.41) is 7.14. The van der Waals surface area contributed by atoms with Gasteiger partial charge in [-0.15, -0.1) is 0 Å². The fourth-order valence-electron chi connectivity index (χ4n) is 1.64. The van der Waals surface area contributed by atoms with E-state index in [9.17, 15) is 4.79 Å². The summed E-state index contributed by atoms with van der Waals surface area (Å²) < 4.78 is 0. The quantitative estimate of drug-likeness (QED) is 0.768. The molecule has 0 heterocycles. The second kappa shape index (κ2) is 7.23. The van der Waals surface area contributed by atoms with Crippen LogP contribution in [0.15, 0.2) is 36.4 Å². The predicted octanol–water partition coefficient (Wildman–Crippen LogP) is 5.35. The number of rotatable bonds is 4. The summed E-state index contributed by atoms with van der Waals surface area (Å²) in [7, 11) is 0. The van der Waals surface area contributed by atoms with Crippen LogP contribution in [-0.4, -0.2) is 12.5 Å². The van der Waals surface area contributed by atoms with Crippen molar-refractivity contribution in [2.75, 3.05) is 17.2 Å². The highest BCUT2D eigenvalue weighted by atomic mass is 35.5. The Bertz CT molecular complexity index is 653. The minimum atomic E-state index is -0.273. The Hall–Kier alpha value is -1.13. The fourth-order valence-corrected chi connectivity index (χ4v) is 2.77. The summed E-state index contributed by atoms with van der Waals surface area (Å²) in [6.07, 6.45) is 0. The molecule has 0 spiro atoms. The lowest BCUT2D eigenvalue weighted by Gasteiger charge is -2.11. The maximum atomic E-state index is 11.9. The molecule has 3 nitrogen and oxygen atoms in total. The van der Waals surface area contributed by atoms with Crippen molar-refractivity contribution in [1.29, 1.82) is 0 Å². The maximum Gasteiger partial charge on any atom is 0.243 e. The van der Waals surface area contributed by atoms with Crippen molar-refractivity contribution in [3.63, 3.8) is 0 Å². The molecule has 2 rings (SSSR count). The van der Waals surface area contributed by atoms with Gasteiger partial charge in [0.25, 0.3) is 0 Å². The van der Waals surface area contributed by atoms with Crippen molar-refractivity contribution in [2.24, 2.45) is 0 Å². The molecule has 2 aromatic rings. The van der Waals surface area contributed by atoms with E-state index in [-0.39, 0.29) is 12.5 Å². The van der Waals surface area contributed by atoms with Gasteiger partial charge in [0.05, 0.1) is 33.0 Å². The number of halogens is 4. The van der Waals surface area contributed by atoms with Crippen LogP contribution >= 0.6 is 46.4 Å². The van der Waals surface area contributed by atoms with Crippen molar-refractivity contribution in [3.05, 3.63) is 56.5 Å². The molecular weight excluding hydrogens is 354 g/mol. The molecule has 0 aliphatic rings. The zero-order chi connectivity index (χ0) is 15.4. The number of nitrogens with one attached hydrogen (secondary N) is 2. The van der Waals surface area contributed by atoms with Crippen LogP contribution in [0.5, 0.6) is 0 Å². The number of carbonyl (C=O) groups is 1. The van der Waals surface area contributed by atoms with Gasteiger partial charge in [-0.3, -0.25) is 4.79 Å². The first-order valence-electron chi connectivity index (χ1n) is 5.90. The summed E-state index contributed by atoms with van der Waals surface area (Å²) in [6, 6.07) is 10.1. The molecule has 0 aliphatic heterocycles. The topological polar surface area (TPSA) is 41.1 Å². The SMILES string of the molecule is O=C(CNc1c(Cl)cc(Cl)cc1Cl)Nc1ccccc1Cl. The van der Waals surface area contributed by atoms with Crippen LogP contribution in [0.3, 0.4) is 0 Å². The Morgan fingerprint density at radius 2 is 1.57 bits per heavy atom. The molecule has 0 aliphatic carbocycles. The summed E-state index contributed by atoms with van der Waals surface area (Å²) in [5.41, 5.74) is 0.997. The molecule has 110 valence electrons. The van der Waals surface area contributed by atoms with Gasteiger partial charge in [-0.2, -0.15) is 0 Å². The van der Waals surface area contributed by atoms with Gasteiger partial charge in [0.1, 0.15) is 0 Å². The minimum Gasteiger partial charge on any atom is -0.374 e. The Morgan fingerprint density at radius 1 is 0.952 bits per heavy atom. The van der Waals surface area contributed by atoms with Crippen molar-refractivity contribution in [1.82, 2.24) is 0 Å². The van der Waals surface area contributed by atoms with E-state index in [1.54, 1.807) is 36.4 Å². The molecule has 2 N–H and O–H groups in total. The molecule has 0 bridgehead atoms. The van der Waals surface area contributed by atoms with Crippen LogP contribution in [0.25, 0.3) is 0 Å². The Morgan fingerprint density at radius 3 is 2.19 bits per heavy atom. The lowest BCUT2D eigenvalue weighted by Crippen LogP contribution is -2.22. The third kappa shape index (κ3) is 4.42. The van der Waals surface area contributed by atoms with Crippen LogP contribution in [0.1, 0.15) is 0 Å². The molecule has 0 saturated carbocycles. The average Bonchev–Trinajstić information content (AvgIpc) is 2.40. The third-order valence-corrected chi connectivity index (χ3v) is 3.72. The van der Waals surface area contributed by atoms with Crippen LogP contribution in [0.2, 0.25) is 20.1 Å². The summed E-state index contributed by atoms with van der Waals surface area (Å²) in [6.45, 7) is -0.00764. The second-order valence-electron chi connectivity index (χ2n) is 4.13. The standard InChI is InChI=1S/C14H10Cl4N2O/c15-8-5-10(17)14(11(18)6-8)19-7-13(21)20-12-4-2-1-3-9(12)16/h1-6,19H,7H2,(H,20,21). The molecule has 21 heavy (non-hydrogen) atoms. The number of amides is 1. The Labute approximate surface area is 142 Å². The van der Waals surface area contributed by atoms with Gasteiger partial charge in [-0.05, 0) is 24.3 Å². The van der Waals surface area contributed by atoms with Crippen molar-refractivity contribution >= 4 is 63.7 Å². The highest BCUT2D eigenvalue weighted by molar-refractivity contribution is 6.41. The van der Waals surface area contributed by atoms with Crippen molar-refractivity contribution in [3.8, 4) is 0 Å². The van der Waals surface area contributed by atoms with Crippen molar-refractivity contribution < 1.29 is 4.79 Å². The second-order valence-corrected chi connectivity index (χ2v) is 5.78. The number of carbonyl (C=O) groups excluding carboxylic acids is 1. The van der Waals surface area contributed by atoms with E-state index in [0.717, 1.165) is 0 Å². The largest absolute Gasteiger partial charge is 0.374 e. The molecular formula is C14H10Cl4N2O. The Kier molecular flexibility index (Phi) is 5.59. The smallest absolute Gasteiger partial charge is 0.243 e. The number of hydrogen-bond donors (Lipinski definition) is 2. The van der Waals surface area contributed by atoms with Crippen LogP contribution in [-0.2, 0) is 4.79 Å². The van der Waals surface area contributed by atoms with E-state index in [0.29, 0.717) is 31.5 Å². The van der Waals surface area contributed by atoms with E-state index in [1.165, 1.54) is 0 Å². The molecule has 0 aromatic heterocycles. The Balaban J connectivity index is 2.01. The van der Waals surface area contributed by atoms with Gasteiger partial charge in [0.15, 0.2) is 0 Å². The van der Waals surface area contributed by atoms with E-state index in [4.69, 9.17) is 46.4 Å². The molecule has 0 saturated heterocycles. The van der Waals surface area contributed by atoms with Crippen LogP contribution < -0.4 is 10.6 Å². The molecule has 1 amide bonds. The molecule has 0 atom stereocenters. The molecule has 0 fully saturated rings. The fraction of sp³-hybridized carbons (Fsp3) is 0.0714. The normalized spacial score (nSPS) is 10.3. The van der Waals surface area contributed by atoms with Crippen LogP contribution in [0.4, 0.5) is 11.4 Å². The van der Waals surface area contributed by atoms with Gasteiger partial charge < -0.3 is 10.6 Å². The zero-order valence-electron chi connectivity index (χ0n) is 10.6. The number of hydrogen-bond acceptors (Lipinski definition) is 2. The van der Waals surface area contributed by atoms with Gasteiger partial charge >= 0.3 is 0 Å². The van der Waals surface area contributed by atoms with Gasteiger partial charge in [0.2, 0.25) is 5.91 Å². The monoisotopic (exact) mass is 362 g/mol. The van der Waals surface area contributed by atoms with E-state index >= 15 is 0 Å². The average molecular weight is 364 g/mol. The highest BCUT2D eigenvalue weighted by Crippen LogP contribution is 2.33. The third-order valence-electron chi connectivity index (χ3n) is 2.58.